The van der Waals surface area contributed by atoms with E-state index in [0.717, 1.165) is 6.54 Å². The van der Waals surface area contributed by atoms with Crippen LogP contribution in [0.2, 0.25) is 0 Å². The Kier molecular flexibility index (Phi) is 4.65. The molecule has 0 amide bonds. The standard InChI is InChI=1S/C13H14F2N4O/c1-2-17-11-7-16-8-12(19-11)18-9-3-5-10(6-4-9)20-13(14)15/h3-8,13H,2H2,1H3,(H2,17,18,19). The van der Waals surface area contributed by atoms with Gasteiger partial charge in [-0.25, -0.2) is 4.98 Å². The van der Waals surface area contributed by atoms with Crippen LogP contribution in [0.3, 0.4) is 0 Å². The quantitative estimate of drug-likeness (QED) is 0.850. The summed E-state index contributed by atoms with van der Waals surface area (Å²) in [5.41, 5.74) is 0.703. The molecular weight excluding hydrogens is 266 g/mol. The molecule has 5 nitrogen and oxygen atoms in total. The molecule has 7 heteroatoms. The molecule has 0 aliphatic heterocycles. The van der Waals surface area contributed by atoms with Crippen LogP contribution in [0.4, 0.5) is 26.1 Å². The predicted octanol–water partition coefficient (Wildman–Crippen LogP) is 3.25. The normalized spacial score (nSPS) is 10.4. The van der Waals surface area contributed by atoms with Crippen LogP contribution in [-0.2, 0) is 0 Å². The number of nitrogens with zero attached hydrogens (tertiary/aromatic N) is 2. The summed E-state index contributed by atoms with van der Waals surface area (Å²) >= 11 is 0. The molecule has 0 spiro atoms. The molecule has 0 atom stereocenters. The fourth-order valence-corrected chi connectivity index (χ4v) is 1.56. The second kappa shape index (κ2) is 6.65. The predicted molar refractivity (Wildman–Crippen MR) is 72.6 cm³/mol. The van der Waals surface area contributed by atoms with Crippen molar-refractivity contribution < 1.29 is 13.5 Å². The molecule has 20 heavy (non-hydrogen) atoms. The lowest BCUT2D eigenvalue weighted by atomic mass is 10.3. The molecule has 1 aromatic heterocycles. The number of hydrogen-bond donors (Lipinski definition) is 2. The van der Waals surface area contributed by atoms with Gasteiger partial charge >= 0.3 is 6.61 Å². The zero-order valence-electron chi connectivity index (χ0n) is 10.8. The Morgan fingerprint density at radius 1 is 1.15 bits per heavy atom. The minimum absolute atomic E-state index is 0.109. The Labute approximate surface area is 115 Å². The van der Waals surface area contributed by atoms with Gasteiger partial charge in [0.25, 0.3) is 0 Å². The van der Waals surface area contributed by atoms with E-state index in [1.807, 2.05) is 6.92 Å². The molecule has 0 saturated carbocycles. The zero-order chi connectivity index (χ0) is 14.4. The summed E-state index contributed by atoms with van der Waals surface area (Å²) < 4.78 is 28.3. The molecular formula is C13H14F2N4O. The maximum Gasteiger partial charge on any atom is 0.387 e. The summed E-state index contributed by atoms with van der Waals surface area (Å²) in [5.74, 6) is 1.33. The van der Waals surface area contributed by atoms with Crippen molar-refractivity contribution in [1.29, 1.82) is 0 Å². The van der Waals surface area contributed by atoms with E-state index in [-0.39, 0.29) is 5.75 Å². The minimum atomic E-state index is -2.82. The van der Waals surface area contributed by atoms with Gasteiger partial charge in [0.2, 0.25) is 0 Å². The van der Waals surface area contributed by atoms with Gasteiger partial charge in [-0.1, -0.05) is 0 Å². The molecule has 2 aromatic rings. The Morgan fingerprint density at radius 2 is 1.85 bits per heavy atom. The Balaban J connectivity index is 2.04. The number of aromatic nitrogens is 2. The largest absolute Gasteiger partial charge is 0.435 e. The van der Waals surface area contributed by atoms with E-state index in [1.165, 1.54) is 12.1 Å². The van der Waals surface area contributed by atoms with Gasteiger partial charge in [0.05, 0.1) is 12.4 Å². The minimum Gasteiger partial charge on any atom is -0.435 e. The van der Waals surface area contributed by atoms with E-state index in [9.17, 15) is 8.78 Å². The monoisotopic (exact) mass is 280 g/mol. The van der Waals surface area contributed by atoms with E-state index in [0.29, 0.717) is 17.3 Å². The van der Waals surface area contributed by atoms with Gasteiger partial charge < -0.3 is 15.4 Å². The number of hydrogen-bond acceptors (Lipinski definition) is 5. The highest BCUT2D eigenvalue weighted by molar-refractivity contribution is 5.57. The van der Waals surface area contributed by atoms with E-state index in [4.69, 9.17) is 0 Å². The second-order valence-electron chi connectivity index (χ2n) is 3.85. The molecule has 0 radical (unpaired) electrons. The van der Waals surface area contributed by atoms with Crippen LogP contribution in [0, 0.1) is 0 Å². The lowest BCUT2D eigenvalue weighted by Gasteiger charge is -2.09. The van der Waals surface area contributed by atoms with Crippen molar-refractivity contribution in [2.45, 2.75) is 13.5 Å². The molecule has 0 bridgehead atoms. The second-order valence-corrected chi connectivity index (χ2v) is 3.85. The third-order valence-corrected chi connectivity index (χ3v) is 2.34. The average Bonchev–Trinajstić information content (AvgIpc) is 2.41. The van der Waals surface area contributed by atoms with Crippen molar-refractivity contribution in [1.82, 2.24) is 9.97 Å². The highest BCUT2D eigenvalue weighted by Gasteiger charge is 2.04. The Bertz CT molecular complexity index is 548. The first-order chi connectivity index (χ1) is 9.67. The highest BCUT2D eigenvalue weighted by Crippen LogP contribution is 2.20. The SMILES string of the molecule is CCNc1cncc(Nc2ccc(OC(F)F)cc2)n1. The Hall–Kier alpha value is -2.44. The molecule has 0 unspecified atom stereocenters. The van der Waals surface area contributed by atoms with Gasteiger partial charge in [-0.05, 0) is 31.2 Å². The molecule has 1 aromatic carbocycles. The van der Waals surface area contributed by atoms with E-state index in [2.05, 4.69) is 25.3 Å². The zero-order valence-corrected chi connectivity index (χ0v) is 10.8. The van der Waals surface area contributed by atoms with Crippen LogP contribution in [0.15, 0.2) is 36.7 Å². The molecule has 0 aliphatic carbocycles. The van der Waals surface area contributed by atoms with Crippen molar-refractivity contribution in [3.05, 3.63) is 36.7 Å². The van der Waals surface area contributed by atoms with Gasteiger partial charge in [-0.3, -0.25) is 4.98 Å². The number of nitrogens with one attached hydrogen (secondary N) is 2. The van der Waals surface area contributed by atoms with Gasteiger partial charge in [-0.15, -0.1) is 0 Å². The molecule has 0 saturated heterocycles. The van der Waals surface area contributed by atoms with Crippen LogP contribution < -0.4 is 15.4 Å². The molecule has 106 valence electrons. The number of alkyl halides is 2. The third-order valence-electron chi connectivity index (χ3n) is 2.34. The smallest absolute Gasteiger partial charge is 0.387 e. The fraction of sp³-hybridized carbons (Fsp3) is 0.231. The number of ether oxygens (including phenoxy) is 1. The highest BCUT2D eigenvalue weighted by atomic mass is 19.3. The van der Waals surface area contributed by atoms with Gasteiger partial charge in [0.1, 0.15) is 11.6 Å². The number of benzene rings is 1. The van der Waals surface area contributed by atoms with Gasteiger partial charge in [0, 0.05) is 12.2 Å². The van der Waals surface area contributed by atoms with Gasteiger partial charge in [0.15, 0.2) is 5.82 Å². The van der Waals surface area contributed by atoms with E-state index < -0.39 is 6.61 Å². The summed E-state index contributed by atoms with van der Waals surface area (Å²) in [6.45, 7) is -0.113. The summed E-state index contributed by atoms with van der Waals surface area (Å²) in [6.07, 6.45) is 3.19. The summed E-state index contributed by atoms with van der Waals surface area (Å²) in [5, 5.41) is 6.07. The molecule has 0 aliphatic rings. The van der Waals surface area contributed by atoms with Gasteiger partial charge in [-0.2, -0.15) is 8.78 Å². The van der Waals surface area contributed by atoms with Crippen LogP contribution in [0.1, 0.15) is 6.92 Å². The third kappa shape index (κ3) is 4.04. The summed E-state index contributed by atoms with van der Waals surface area (Å²) in [4.78, 5) is 8.34. The summed E-state index contributed by atoms with van der Waals surface area (Å²) in [7, 11) is 0. The van der Waals surface area contributed by atoms with Crippen molar-refractivity contribution in [2.75, 3.05) is 17.2 Å². The molecule has 2 rings (SSSR count). The number of rotatable bonds is 6. The van der Waals surface area contributed by atoms with Crippen molar-refractivity contribution >= 4 is 17.3 Å². The van der Waals surface area contributed by atoms with E-state index in [1.54, 1.807) is 24.5 Å². The van der Waals surface area contributed by atoms with Crippen LogP contribution >= 0.6 is 0 Å². The molecule has 0 fully saturated rings. The first kappa shape index (κ1) is 14.0. The van der Waals surface area contributed by atoms with Crippen molar-refractivity contribution in [2.24, 2.45) is 0 Å². The molecule has 2 N–H and O–H groups in total. The van der Waals surface area contributed by atoms with Crippen LogP contribution in [-0.4, -0.2) is 23.1 Å². The molecule has 1 heterocycles. The first-order valence-corrected chi connectivity index (χ1v) is 6.05. The maximum absolute atomic E-state index is 12.0. The van der Waals surface area contributed by atoms with Crippen LogP contribution in [0.25, 0.3) is 0 Å². The fourth-order valence-electron chi connectivity index (χ4n) is 1.56. The lowest BCUT2D eigenvalue weighted by molar-refractivity contribution is -0.0498. The summed E-state index contributed by atoms with van der Waals surface area (Å²) in [6, 6.07) is 6.16. The van der Waals surface area contributed by atoms with Crippen molar-refractivity contribution in [3.8, 4) is 5.75 Å². The van der Waals surface area contributed by atoms with E-state index >= 15 is 0 Å². The number of anilines is 3. The number of halogens is 2. The average molecular weight is 280 g/mol. The maximum atomic E-state index is 12.0. The van der Waals surface area contributed by atoms with Crippen LogP contribution in [0.5, 0.6) is 5.75 Å². The topological polar surface area (TPSA) is 59.1 Å². The lowest BCUT2D eigenvalue weighted by Crippen LogP contribution is -2.03. The van der Waals surface area contributed by atoms with Crippen molar-refractivity contribution in [3.63, 3.8) is 0 Å². The first-order valence-electron chi connectivity index (χ1n) is 6.05. The Morgan fingerprint density at radius 3 is 2.50 bits per heavy atom.